The second kappa shape index (κ2) is 6.84. The predicted molar refractivity (Wildman–Crippen MR) is 96.6 cm³/mol. The van der Waals surface area contributed by atoms with Gasteiger partial charge in [0.25, 0.3) is 0 Å². The number of fused-ring (bicyclic) bond motifs is 1. The first-order valence-corrected chi connectivity index (χ1v) is 8.18. The number of nitrogens with two attached hydrogens (primary N) is 1. The van der Waals surface area contributed by atoms with Crippen LogP contribution in [0.5, 0.6) is 0 Å². The van der Waals surface area contributed by atoms with Crippen LogP contribution >= 0.6 is 0 Å². The zero-order valence-electron chi connectivity index (χ0n) is 13.9. The van der Waals surface area contributed by atoms with E-state index < -0.39 is 0 Å². The zero-order chi connectivity index (χ0) is 17.1. The van der Waals surface area contributed by atoms with Crippen molar-refractivity contribution in [1.82, 2.24) is 9.55 Å². The molecule has 0 aliphatic carbocycles. The second-order valence-electron chi connectivity index (χ2n) is 5.88. The van der Waals surface area contributed by atoms with Crippen molar-refractivity contribution in [3.05, 3.63) is 60.2 Å². The zero-order valence-corrected chi connectivity index (χ0v) is 13.9. The van der Waals surface area contributed by atoms with Crippen molar-refractivity contribution in [2.24, 2.45) is 11.7 Å². The van der Waals surface area contributed by atoms with E-state index in [0.717, 1.165) is 23.1 Å². The van der Waals surface area contributed by atoms with E-state index in [1.54, 1.807) is 0 Å². The van der Waals surface area contributed by atoms with Crippen LogP contribution in [-0.2, 0) is 11.3 Å². The maximum Gasteiger partial charge on any atom is 0.231 e. The maximum absolute atomic E-state index is 12.6. The van der Waals surface area contributed by atoms with E-state index in [2.05, 4.69) is 10.3 Å². The molecule has 3 aromatic rings. The Kier molecular flexibility index (Phi) is 4.62. The highest BCUT2D eigenvalue weighted by atomic mass is 16.2. The summed E-state index contributed by atoms with van der Waals surface area (Å²) in [4.78, 5) is 17.2. The number of amides is 1. The Bertz CT molecular complexity index is 841. The first-order valence-electron chi connectivity index (χ1n) is 8.18. The van der Waals surface area contributed by atoms with Gasteiger partial charge in [-0.3, -0.25) is 10.1 Å². The molecule has 0 aliphatic rings. The van der Waals surface area contributed by atoms with E-state index in [-0.39, 0.29) is 17.9 Å². The van der Waals surface area contributed by atoms with Crippen LogP contribution in [0, 0.1) is 5.92 Å². The molecule has 1 aromatic heterocycles. The third-order valence-corrected chi connectivity index (χ3v) is 4.34. The van der Waals surface area contributed by atoms with Gasteiger partial charge in [0.05, 0.1) is 17.0 Å². The average molecular weight is 322 g/mol. The quantitative estimate of drug-likeness (QED) is 0.757. The van der Waals surface area contributed by atoms with E-state index in [1.807, 2.05) is 73.0 Å². The molecule has 5 nitrogen and oxygen atoms in total. The maximum atomic E-state index is 12.6. The molecule has 2 unspecified atom stereocenters. The number of anilines is 1. The normalized spacial score (nSPS) is 13.6. The van der Waals surface area contributed by atoms with Crippen molar-refractivity contribution in [3.8, 4) is 0 Å². The van der Waals surface area contributed by atoms with Crippen molar-refractivity contribution in [2.75, 3.05) is 5.32 Å². The number of carbonyl (C=O) groups excluding carboxylic acids is 1. The first-order chi connectivity index (χ1) is 11.6. The molecule has 0 spiro atoms. The van der Waals surface area contributed by atoms with Crippen LogP contribution in [0.3, 0.4) is 0 Å². The third kappa shape index (κ3) is 3.03. The minimum absolute atomic E-state index is 0.128. The highest BCUT2D eigenvalue weighted by molar-refractivity contribution is 5.93. The molecule has 3 rings (SSSR count). The van der Waals surface area contributed by atoms with Crippen molar-refractivity contribution in [2.45, 2.75) is 26.4 Å². The summed E-state index contributed by atoms with van der Waals surface area (Å²) in [6.07, 6.45) is 0. The Morgan fingerprint density at radius 2 is 1.83 bits per heavy atom. The Balaban J connectivity index is 1.82. The molecule has 0 radical (unpaired) electrons. The number of carbonyl (C=O) groups is 1. The monoisotopic (exact) mass is 322 g/mol. The molecule has 2 atom stereocenters. The summed E-state index contributed by atoms with van der Waals surface area (Å²) in [7, 11) is 0. The minimum atomic E-state index is -0.363. The fraction of sp³-hybridized carbons (Fsp3) is 0.263. The van der Waals surface area contributed by atoms with Gasteiger partial charge in [0.15, 0.2) is 0 Å². The number of imidazole rings is 1. The molecule has 2 aromatic carbocycles. The van der Waals surface area contributed by atoms with Gasteiger partial charge in [0.1, 0.15) is 0 Å². The lowest BCUT2D eigenvalue weighted by molar-refractivity contribution is -0.120. The fourth-order valence-electron chi connectivity index (χ4n) is 2.84. The number of hydrogen-bond acceptors (Lipinski definition) is 3. The highest BCUT2D eigenvalue weighted by Crippen LogP contribution is 2.23. The van der Waals surface area contributed by atoms with Gasteiger partial charge in [0, 0.05) is 12.6 Å². The van der Waals surface area contributed by atoms with Crippen LogP contribution in [0.1, 0.15) is 25.5 Å². The number of aromatic nitrogens is 2. The van der Waals surface area contributed by atoms with Crippen LogP contribution < -0.4 is 11.1 Å². The predicted octanol–water partition coefficient (Wildman–Crippen LogP) is 3.33. The van der Waals surface area contributed by atoms with Crippen LogP contribution in [-0.4, -0.2) is 15.5 Å². The van der Waals surface area contributed by atoms with Crippen LogP contribution in [0.2, 0.25) is 0 Å². The van der Waals surface area contributed by atoms with E-state index >= 15 is 0 Å². The molecule has 0 aliphatic heterocycles. The number of benzene rings is 2. The highest BCUT2D eigenvalue weighted by Gasteiger charge is 2.23. The molecule has 0 saturated carbocycles. The van der Waals surface area contributed by atoms with Crippen molar-refractivity contribution in [3.63, 3.8) is 0 Å². The summed E-state index contributed by atoms with van der Waals surface area (Å²) in [6, 6.07) is 17.2. The number of para-hydroxylation sites is 2. The van der Waals surface area contributed by atoms with Crippen LogP contribution in [0.25, 0.3) is 11.0 Å². The van der Waals surface area contributed by atoms with Gasteiger partial charge >= 0.3 is 0 Å². The molecule has 0 fully saturated rings. The number of rotatable bonds is 5. The van der Waals surface area contributed by atoms with Crippen molar-refractivity contribution < 1.29 is 4.79 Å². The lowest BCUT2D eigenvalue weighted by atomic mass is 9.95. The number of nitrogens with one attached hydrogen (secondary N) is 1. The van der Waals surface area contributed by atoms with E-state index in [4.69, 9.17) is 5.73 Å². The topological polar surface area (TPSA) is 72.9 Å². The Morgan fingerprint density at radius 1 is 1.17 bits per heavy atom. The Hall–Kier alpha value is -2.66. The SMILES string of the molecule is CCn1c(NC(=O)C(C)C(N)c2ccccc2)nc2ccccc21. The largest absolute Gasteiger partial charge is 0.323 e. The van der Waals surface area contributed by atoms with E-state index in [0.29, 0.717) is 5.95 Å². The van der Waals surface area contributed by atoms with Gasteiger partial charge in [-0.1, -0.05) is 49.4 Å². The van der Waals surface area contributed by atoms with E-state index in [1.165, 1.54) is 0 Å². The summed E-state index contributed by atoms with van der Waals surface area (Å²) in [5.41, 5.74) is 9.08. The first kappa shape index (κ1) is 16.2. The summed E-state index contributed by atoms with van der Waals surface area (Å²) < 4.78 is 1.99. The van der Waals surface area contributed by atoms with Gasteiger partial charge in [-0.15, -0.1) is 0 Å². The molecule has 1 amide bonds. The van der Waals surface area contributed by atoms with Crippen molar-refractivity contribution in [1.29, 1.82) is 0 Å². The fourth-order valence-corrected chi connectivity index (χ4v) is 2.84. The lowest BCUT2D eigenvalue weighted by Crippen LogP contribution is -2.31. The van der Waals surface area contributed by atoms with E-state index in [9.17, 15) is 4.79 Å². The third-order valence-electron chi connectivity index (χ3n) is 4.34. The van der Waals surface area contributed by atoms with Gasteiger partial charge in [-0.05, 0) is 24.6 Å². The van der Waals surface area contributed by atoms with Gasteiger partial charge in [-0.2, -0.15) is 0 Å². The lowest BCUT2D eigenvalue weighted by Gasteiger charge is -2.19. The molecule has 0 saturated heterocycles. The smallest absolute Gasteiger partial charge is 0.231 e. The molecule has 124 valence electrons. The number of nitrogens with zero attached hydrogens (tertiary/aromatic N) is 2. The second-order valence-corrected chi connectivity index (χ2v) is 5.88. The molecular weight excluding hydrogens is 300 g/mol. The van der Waals surface area contributed by atoms with Crippen molar-refractivity contribution >= 4 is 22.9 Å². The molecular formula is C19H22N4O. The number of hydrogen-bond donors (Lipinski definition) is 2. The Labute approximate surface area is 141 Å². The molecule has 24 heavy (non-hydrogen) atoms. The van der Waals surface area contributed by atoms with Crippen LogP contribution in [0.15, 0.2) is 54.6 Å². The molecule has 3 N–H and O–H groups in total. The average Bonchev–Trinajstić information content (AvgIpc) is 2.98. The molecule has 0 bridgehead atoms. The summed E-state index contributed by atoms with van der Waals surface area (Å²) >= 11 is 0. The van der Waals surface area contributed by atoms with Crippen LogP contribution in [0.4, 0.5) is 5.95 Å². The van der Waals surface area contributed by atoms with Gasteiger partial charge < -0.3 is 10.3 Å². The summed E-state index contributed by atoms with van der Waals surface area (Å²) in [5, 5.41) is 2.93. The summed E-state index contributed by atoms with van der Waals surface area (Å²) in [6.45, 7) is 4.60. The Morgan fingerprint density at radius 3 is 2.54 bits per heavy atom. The molecule has 1 heterocycles. The summed E-state index contributed by atoms with van der Waals surface area (Å²) in [5.74, 6) is 0.0738. The minimum Gasteiger partial charge on any atom is -0.323 e. The molecule has 5 heteroatoms. The van der Waals surface area contributed by atoms with Gasteiger partial charge in [-0.25, -0.2) is 4.98 Å². The standard InChI is InChI=1S/C19H22N4O/c1-3-23-16-12-8-7-11-15(16)21-19(23)22-18(24)13(2)17(20)14-9-5-4-6-10-14/h4-13,17H,3,20H2,1-2H3,(H,21,22,24). The number of aryl methyl sites for hydroxylation is 1. The van der Waals surface area contributed by atoms with Gasteiger partial charge in [0.2, 0.25) is 11.9 Å².